The molecule has 0 aliphatic heterocycles. The van der Waals surface area contributed by atoms with Crippen molar-refractivity contribution in [3.63, 3.8) is 0 Å². The summed E-state index contributed by atoms with van der Waals surface area (Å²) < 4.78 is 7.30. The zero-order valence-electron chi connectivity index (χ0n) is 16.5. The third-order valence-corrected chi connectivity index (χ3v) is 5.67. The summed E-state index contributed by atoms with van der Waals surface area (Å²) in [5.41, 5.74) is 2.33. The van der Waals surface area contributed by atoms with Crippen LogP contribution in [0, 0.1) is 6.92 Å². The second kappa shape index (κ2) is 10.0. The molecule has 156 valence electrons. The third-order valence-electron chi connectivity index (χ3n) is 4.24. The summed E-state index contributed by atoms with van der Waals surface area (Å²) in [6.07, 6.45) is 1.74. The Labute approximate surface area is 189 Å². The third kappa shape index (κ3) is 5.16. The molecule has 9 heteroatoms. The van der Waals surface area contributed by atoms with Gasteiger partial charge in [0.25, 0.3) is 0 Å². The molecule has 0 saturated heterocycles. The van der Waals surface area contributed by atoms with Crippen LogP contribution in [-0.2, 0) is 11.3 Å². The first-order chi connectivity index (χ1) is 14.4. The molecule has 0 saturated carbocycles. The monoisotopic (exact) mass is 462 g/mol. The Hall–Kier alpha value is -2.48. The number of nitrogens with one attached hydrogen (secondary N) is 1. The van der Waals surface area contributed by atoms with E-state index < -0.39 is 0 Å². The molecule has 0 aliphatic carbocycles. The number of hydrogen-bond acceptors (Lipinski definition) is 5. The summed E-state index contributed by atoms with van der Waals surface area (Å²) in [7, 11) is 1.58. The molecule has 30 heavy (non-hydrogen) atoms. The van der Waals surface area contributed by atoms with Crippen molar-refractivity contribution in [1.29, 1.82) is 0 Å². The van der Waals surface area contributed by atoms with Gasteiger partial charge in [-0.3, -0.25) is 9.36 Å². The molecule has 0 bridgehead atoms. The Morgan fingerprint density at radius 1 is 1.23 bits per heavy atom. The van der Waals surface area contributed by atoms with Gasteiger partial charge in [-0.05, 0) is 42.8 Å². The van der Waals surface area contributed by atoms with Crippen LogP contribution in [0.1, 0.15) is 5.56 Å². The van der Waals surface area contributed by atoms with Gasteiger partial charge in [0.05, 0.1) is 18.4 Å². The van der Waals surface area contributed by atoms with Crippen molar-refractivity contribution in [2.75, 3.05) is 18.2 Å². The van der Waals surface area contributed by atoms with E-state index in [0.717, 1.165) is 5.56 Å². The maximum atomic E-state index is 12.5. The minimum absolute atomic E-state index is 0.161. The molecule has 6 nitrogen and oxygen atoms in total. The first-order valence-corrected chi connectivity index (χ1v) is 10.7. The first kappa shape index (κ1) is 22.2. The molecule has 3 aromatic rings. The van der Waals surface area contributed by atoms with Crippen molar-refractivity contribution < 1.29 is 9.53 Å². The number of benzene rings is 2. The van der Waals surface area contributed by atoms with E-state index in [4.69, 9.17) is 27.9 Å². The van der Waals surface area contributed by atoms with Gasteiger partial charge < -0.3 is 10.1 Å². The van der Waals surface area contributed by atoms with E-state index >= 15 is 0 Å². The van der Waals surface area contributed by atoms with E-state index in [-0.39, 0.29) is 11.7 Å². The fourth-order valence-corrected chi connectivity index (χ4v) is 3.88. The lowest BCUT2D eigenvalue weighted by molar-refractivity contribution is -0.113. The second-order valence-corrected chi connectivity index (χ2v) is 8.16. The lowest BCUT2D eigenvalue weighted by atomic mass is 10.2. The predicted molar refractivity (Wildman–Crippen MR) is 123 cm³/mol. The normalized spacial score (nSPS) is 10.7. The average molecular weight is 463 g/mol. The number of rotatable bonds is 8. The van der Waals surface area contributed by atoms with Crippen molar-refractivity contribution in [1.82, 2.24) is 14.8 Å². The van der Waals surface area contributed by atoms with Crippen LogP contribution in [0.3, 0.4) is 0 Å². The fraction of sp³-hybridized carbons (Fsp3) is 0.190. The molecule has 0 atom stereocenters. The molecule has 1 aromatic heterocycles. The molecular formula is C21H20Cl2N4O2S. The van der Waals surface area contributed by atoms with Gasteiger partial charge in [-0.2, -0.15) is 0 Å². The number of ether oxygens (including phenoxy) is 1. The average Bonchev–Trinajstić information content (AvgIpc) is 3.12. The van der Waals surface area contributed by atoms with Gasteiger partial charge in [0.15, 0.2) is 11.0 Å². The van der Waals surface area contributed by atoms with Crippen molar-refractivity contribution in [3.05, 3.63) is 64.7 Å². The zero-order chi connectivity index (χ0) is 21.7. The van der Waals surface area contributed by atoms with E-state index in [1.165, 1.54) is 11.8 Å². The van der Waals surface area contributed by atoms with Crippen molar-refractivity contribution in [2.24, 2.45) is 0 Å². The van der Waals surface area contributed by atoms with Crippen LogP contribution in [0.25, 0.3) is 11.4 Å². The van der Waals surface area contributed by atoms with Crippen molar-refractivity contribution in [3.8, 4) is 17.1 Å². The van der Waals surface area contributed by atoms with Gasteiger partial charge in [-0.25, -0.2) is 0 Å². The largest absolute Gasteiger partial charge is 0.496 e. The Kier molecular flexibility index (Phi) is 7.42. The molecule has 0 unspecified atom stereocenters. The smallest absolute Gasteiger partial charge is 0.234 e. The number of allylic oxidation sites excluding steroid dienone is 1. The minimum atomic E-state index is -0.166. The van der Waals surface area contributed by atoms with Gasteiger partial charge in [-0.1, -0.05) is 47.1 Å². The lowest BCUT2D eigenvalue weighted by Gasteiger charge is -2.11. The number of anilines is 1. The Bertz CT molecular complexity index is 1080. The molecule has 0 fully saturated rings. The molecule has 2 aromatic carbocycles. The van der Waals surface area contributed by atoms with Crippen LogP contribution in [-0.4, -0.2) is 33.5 Å². The van der Waals surface area contributed by atoms with Crippen LogP contribution in [0.5, 0.6) is 5.75 Å². The number of methoxy groups -OCH3 is 1. The molecule has 0 spiro atoms. The van der Waals surface area contributed by atoms with E-state index in [9.17, 15) is 4.79 Å². The lowest BCUT2D eigenvalue weighted by Crippen LogP contribution is -2.15. The van der Waals surface area contributed by atoms with Gasteiger partial charge >= 0.3 is 0 Å². The highest BCUT2D eigenvalue weighted by molar-refractivity contribution is 7.99. The second-order valence-electron chi connectivity index (χ2n) is 6.35. The van der Waals surface area contributed by atoms with Crippen LogP contribution in [0.4, 0.5) is 5.69 Å². The topological polar surface area (TPSA) is 69.0 Å². The summed E-state index contributed by atoms with van der Waals surface area (Å²) >= 11 is 13.5. The standard InChI is InChI=1S/C21H20Cl2N4O2S/c1-4-9-27-20(16-10-14(22)7-8-18(16)29-3)25-26-21(27)30-12-19(28)24-17-11-15(23)6-5-13(17)2/h4-8,10-11H,1,9,12H2,2-3H3,(H,24,28). The highest BCUT2D eigenvalue weighted by Crippen LogP contribution is 2.33. The molecule has 3 rings (SSSR count). The number of aromatic nitrogens is 3. The SMILES string of the molecule is C=CCn1c(SCC(=O)Nc2cc(Cl)ccc2C)nnc1-c1cc(Cl)ccc1OC. The van der Waals surface area contributed by atoms with Gasteiger partial charge in [-0.15, -0.1) is 16.8 Å². The van der Waals surface area contributed by atoms with Gasteiger partial charge in [0.1, 0.15) is 5.75 Å². The predicted octanol–water partition coefficient (Wildman–Crippen LogP) is 5.49. The van der Waals surface area contributed by atoms with Crippen molar-refractivity contribution in [2.45, 2.75) is 18.6 Å². The number of aryl methyl sites for hydroxylation is 1. The Balaban J connectivity index is 1.80. The van der Waals surface area contributed by atoms with Crippen LogP contribution < -0.4 is 10.1 Å². The summed E-state index contributed by atoms with van der Waals surface area (Å²) in [5.74, 6) is 1.21. The quantitative estimate of drug-likeness (QED) is 0.354. The number of carbonyl (C=O) groups is 1. The van der Waals surface area contributed by atoms with Gasteiger partial charge in [0.2, 0.25) is 5.91 Å². The van der Waals surface area contributed by atoms with Crippen LogP contribution >= 0.6 is 35.0 Å². The van der Waals surface area contributed by atoms with Crippen molar-refractivity contribution >= 4 is 46.6 Å². The summed E-state index contributed by atoms with van der Waals surface area (Å²) in [6.45, 7) is 6.18. The first-order valence-electron chi connectivity index (χ1n) is 8.99. The molecule has 0 aliphatic rings. The number of thioether (sulfide) groups is 1. The minimum Gasteiger partial charge on any atom is -0.496 e. The number of halogens is 2. The van der Waals surface area contributed by atoms with Crippen LogP contribution in [0.2, 0.25) is 10.0 Å². The number of amides is 1. The molecule has 1 amide bonds. The Morgan fingerprint density at radius 3 is 2.70 bits per heavy atom. The number of hydrogen-bond donors (Lipinski definition) is 1. The van der Waals surface area contributed by atoms with Crippen LogP contribution in [0.15, 0.2) is 54.2 Å². The molecule has 1 heterocycles. The number of nitrogens with zero attached hydrogens (tertiary/aromatic N) is 3. The highest BCUT2D eigenvalue weighted by Gasteiger charge is 2.18. The molecular weight excluding hydrogens is 443 g/mol. The van der Waals surface area contributed by atoms with E-state index in [1.54, 1.807) is 43.5 Å². The van der Waals surface area contributed by atoms with E-state index in [0.29, 0.717) is 44.6 Å². The maximum absolute atomic E-state index is 12.5. The highest BCUT2D eigenvalue weighted by atomic mass is 35.5. The van der Waals surface area contributed by atoms with E-state index in [1.807, 2.05) is 17.6 Å². The molecule has 0 radical (unpaired) electrons. The summed E-state index contributed by atoms with van der Waals surface area (Å²) in [4.78, 5) is 12.5. The number of carbonyl (C=O) groups excluding carboxylic acids is 1. The fourth-order valence-electron chi connectivity index (χ4n) is 2.79. The van der Waals surface area contributed by atoms with Gasteiger partial charge in [0, 0.05) is 22.3 Å². The Morgan fingerprint density at radius 2 is 1.97 bits per heavy atom. The maximum Gasteiger partial charge on any atom is 0.234 e. The zero-order valence-corrected chi connectivity index (χ0v) is 18.8. The molecule has 1 N–H and O–H groups in total. The summed E-state index contributed by atoms with van der Waals surface area (Å²) in [5, 5.41) is 13.1. The summed E-state index contributed by atoms with van der Waals surface area (Å²) in [6, 6.07) is 10.7. The van der Waals surface area contributed by atoms with E-state index in [2.05, 4.69) is 22.1 Å².